The standard InChI is InChI=1S/C12H21N3O3S/c1-12(2)5-3-10(9-12)18-8-7-15-11(4-6-14-15)19(13,16)17/h4,6,10H,3,5,7-9H2,1-2H3,(H2,13,16,17). The molecule has 7 heteroatoms. The normalized spacial score (nSPS) is 22.8. The van der Waals surface area contributed by atoms with Crippen molar-refractivity contribution >= 4 is 10.0 Å². The van der Waals surface area contributed by atoms with Crippen molar-refractivity contribution in [2.45, 2.75) is 50.8 Å². The van der Waals surface area contributed by atoms with Gasteiger partial charge in [0.2, 0.25) is 0 Å². The molecule has 2 N–H and O–H groups in total. The first-order chi connectivity index (χ1) is 8.78. The molecule has 6 nitrogen and oxygen atoms in total. The van der Waals surface area contributed by atoms with Crippen molar-refractivity contribution in [3.63, 3.8) is 0 Å². The van der Waals surface area contributed by atoms with Crippen molar-refractivity contribution < 1.29 is 13.2 Å². The minimum absolute atomic E-state index is 0.0304. The summed E-state index contributed by atoms with van der Waals surface area (Å²) in [6.07, 6.45) is 4.98. The summed E-state index contributed by atoms with van der Waals surface area (Å²) in [5.74, 6) is 0. The van der Waals surface area contributed by atoms with Gasteiger partial charge in [-0.15, -0.1) is 0 Å². The highest BCUT2D eigenvalue weighted by Gasteiger charge is 2.31. The highest BCUT2D eigenvalue weighted by Crippen LogP contribution is 2.38. The van der Waals surface area contributed by atoms with Crippen molar-refractivity contribution in [3.05, 3.63) is 12.3 Å². The average molecular weight is 287 g/mol. The summed E-state index contributed by atoms with van der Waals surface area (Å²) < 4.78 is 29.7. The summed E-state index contributed by atoms with van der Waals surface area (Å²) in [4.78, 5) is 0. The molecule has 0 aliphatic heterocycles. The predicted molar refractivity (Wildman–Crippen MR) is 71.0 cm³/mol. The summed E-state index contributed by atoms with van der Waals surface area (Å²) in [6.45, 7) is 5.33. The van der Waals surface area contributed by atoms with Crippen LogP contribution in [-0.4, -0.2) is 30.9 Å². The van der Waals surface area contributed by atoms with Crippen molar-refractivity contribution in [2.24, 2.45) is 10.6 Å². The fourth-order valence-corrected chi connectivity index (χ4v) is 3.23. The number of hydrogen-bond donors (Lipinski definition) is 1. The Labute approximate surface area is 114 Å². The number of hydrogen-bond acceptors (Lipinski definition) is 4. The van der Waals surface area contributed by atoms with Crippen LogP contribution in [0.3, 0.4) is 0 Å². The molecule has 0 amide bonds. The Hall–Kier alpha value is -0.920. The van der Waals surface area contributed by atoms with Crippen molar-refractivity contribution in [1.82, 2.24) is 9.78 Å². The van der Waals surface area contributed by atoms with Gasteiger partial charge in [0.1, 0.15) is 0 Å². The van der Waals surface area contributed by atoms with E-state index in [4.69, 9.17) is 9.88 Å². The van der Waals surface area contributed by atoms with Crippen LogP contribution in [0.25, 0.3) is 0 Å². The molecule has 1 unspecified atom stereocenters. The lowest BCUT2D eigenvalue weighted by Gasteiger charge is -2.17. The monoisotopic (exact) mass is 287 g/mol. The predicted octanol–water partition coefficient (Wildman–Crippen LogP) is 1.13. The number of primary sulfonamides is 1. The molecule has 1 heterocycles. The Morgan fingerprint density at radius 2 is 2.32 bits per heavy atom. The summed E-state index contributed by atoms with van der Waals surface area (Å²) in [5, 5.41) is 9.09. The van der Waals surface area contributed by atoms with E-state index in [1.54, 1.807) is 0 Å². The van der Waals surface area contributed by atoms with Crippen molar-refractivity contribution in [2.75, 3.05) is 6.61 Å². The molecule has 2 rings (SSSR count). The number of aromatic nitrogens is 2. The van der Waals surface area contributed by atoms with E-state index in [0.717, 1.165) is 12.8 Å². The van der Waals surface area contributed by atoms with Crippen LogP contribution in [0, 0.1) is 5.41 Å². The first-order valence-corrected chi connectivity index (χ1v) is 7.99. The minimum Gasteiger partial charge on any atom is -0.376 e. The molecule has 1 fully saturated rings. The van der Waals surface area contributed by atoms with Crippen LogP contribution in [0.15, 0.2) is 17.3 Å². The van der Waals surface area contributed by atoms with Crippen molar-refractivity contribution in [1.29, 1.82) is 0 Å². The van der Waals surface area contributed by atoms with Crippen LogP contribution in [0.2, 0.25) is 0 Å². The Bertz CT molecular complexity index is 536. The molecule has 19 heavy (non-hydrogen) atoms. The second kappa shape index (κ2) is 5.22. The number of sulfonamides is 1. The van der Waals surface area contributed by atoms with Crippen LogP contribution in [-0.2, 0) is 21.3 Å². The van der Waals surface area contributed by atoms with Gasteiger partial charge in [-0.2, -0.15) is 5.10 Å². The van der Waals surface area contributed by atoms with E-state index in [-0.39, 0.29) is 11.1 Å². The van der Waals surface area contributed by atoms with Gasteiger partial charge in [0.25, 0.3) is 10.0 Å². The van der Waals surface area contributed by atoms with Crippen molar-refractivity contribution in [3.8, 4) is 0 Å². The van der Waals surface area contributed by atoms with E-state index in [0.29, 0.717) is 18.6 Å². The minimum atomic E-state index is -3.71. The molecule has 108 valence electrons. The third kappa shape index (κ3) is 3.77. The van der Waals surface area contributed by atoms with Crippen LogP contribution < -0.4 is 5.14 Å². The molecule has 0 bridgehead atoms. The van der Waals surface area contributed by atoms with E-state index in [9.17, 15) is 8.42 Å². The number of rotatable bonds is 5. The van der Waals surface area contributed by atoms with Gasteiger partial charge < -0.3 is 4.74 Å². The molecule has 1 atom stereocenters. The van der Waals surface area contributed by atoms with Gasteiger partial charge in [-0.3, -0.25) is 4.68 Å². The zero-order valence-corrected chi connectivity index (χ0v) is 12.2. The van der Waals surface area contributed by atoms with E-state index >= 15 is 0 Å². The maximum atomic E-state index is 11.3. The van der Waals surface area contributed by atoms with Gasteiger partial charge in [0.05, 0.1) is 25.5 Å². The SMILES string of the molecule is CC1(C)CCC(OCCn2nccc2S(N)(=O)=O)C1. The van der Waals surface area contributed by atoms with Gasteiger partial charge in [-0.05, 0) is 30.7 Å². The van der Waals surface area contributed by atoms with Gasteiger partial charge in [-0.1, -0.05) is 13.8 Å². The second-order valence-electron chi connectivity index (χ2n) is 5.84. The highest BCUT2D eigenvalue weighted by molar-refractivity contribution is 7.89. The first-order valence-electron chi connectivity index (χ1n) is 6.44. The molecule has 1 aliphatic rings. The quantitative estimate of drug-likeness (QED) is 0.879. The smallest absolute Gasteiger partial charge is 0.255 e. The highest BCUT2D eigenvalue weighted by atomic mass is 32.2. The lowest BCUT2D eigenvalue weighted by molar-refractivity contribution is 0.0438. The molecule has 0 saturated heterocycles. The summed E-state index contributed by atoms with van der Waals surface area (Å²) in [7, 11) is -3.71. The second-order valence-corrected chi connectivity index (χ2v) is 7.35. The maximum absolute atomic E-state index is 11.3. The Morgan fingerprint density at radius 3 is 2.89 bits per heavy atom. The van der Waals surface area contributed by atoms with E-state index in [1.165, 1.54) is 23.4 Å². The molecule has 0 radical (unpaired) electrons. The molecule has 1 aromatic heterocycles. The summed E-state index contributed by atoms with van der Waals surface area (Å²) >= 11 is 0. The fourth-order valence-electron chi connectivity index (χ4n) is 2.55. The average Bonchev–Trinajstić information content (AvgIpc) is 2.84. The topological polar surface area (TPSA) is 87.2 Å². The van der Waals surface area contributed by atoms with Crippen LogP contribution >= 0.6 is 0 Å². The molecule has 1 aliphatic carbocycles. The lowest BCUT2D eigenvalue weighted by atomic mass is 9.92. The summed E-state index contributed by atoms with van der Waals surface area (Å²) in [6, 6.07) is 1.40. The Morgan fingerprint density at radius 1 is 1.58 bits per heavy atom. The molecular formula is C12H21N3O3S. The zero-order valence-electron chi connectivity index (χ0n) is 11.4. The Kier molecular flexibility index (Phi) is 3.98. The number of ether oxygens (including phenoxy) is 1. The number of nitrogens with two attached hydrogens (primary N) is 1. The molecular weight excluding hydrogens is 266 g/mol. The van der Waals surface area contributed by atoms with Crippen LogP contribution in [0.1, 0.15) is 33.1 Å². The summed E-state index contributed by atoms with van der Waals surface area (Å²) in [5.41, 5.74) is 0.349. The largest absolute Gasteiger partial charge is 0.376 e. The van der Waals surface area contributed by atoms with Crippen LogP contribution in [0.5, 0.6) is 0 Å². The molecule has 0 aromatic carbocycles. The molecule has 1 aromatic rings. The van der Waals surface area contributed by atoms with Gasteiger partial charge >= 0.3 is 0 Å². The Balaban J connectivity index is 1.86. The number of nitrogens with zero attached hydrogens (tertiary/aromatic N) is 2. The fraction of sp³-hybridized carbons (Fsp3) is 0.750. The lowest BCUT2D eigenvalue weighted by Crippen LogP contribution is -2.21. The van der Waals surface area contributed by atoms with Gasteiger partial charge in [-0.25, -0.2) is 13.6 Å². The third-order valence-electron chi connectivity index (χ3n) is 3.55. The molecule has 0 spiro atoms. The van der Waals surface area contributed by atoms with Gasteiger partial charge in [0.15, 0.2) is 5.03 Å². The van der Waals surface area contributed by atoms with E-state index in [1.807, 2.05) is 0 Å². The van der Waals surface area contributed by atoms with Crippen LogP contribution in [0.4, 0.5) is 0 Å². The van der Waals surface area contributed by atoms with E-state index < -0.39 is 10.0 Å². The molecule has 1 saturated carbocycles. The van der Waals surface area contributed by atoms with Gasteiger partial charge in [0, 0.05) is 0 Å². The maximum Gasteiger partial charge on any atom is 0.255 e. The third-order valence-corrected chi connectivity index (χ3v) is 4.48. The van der Waals surface area contributed by atoms with E-state index in [2.05, 4.69) is 18.9 Å². The zero-order chi connectivity index (χ0) is 14.1. The first kappa shape index (κ1) is 14.5.